The molecule has 0 saturated carbocycles. The summed E-state index contributed by atoms with van der Waals surface area (Å²) in [7, 11) is 0. The molecule has 0 aliphatic carbocycles. The van der Waals surface area contributed by atoms with Gasteiger partial charge in [-0.15, -0.1) is 0 Å². The van der Waals surface area contributed by atoms with E-state index in [2.05, 4.69) is 25.6 Å². The third-order valence-electron chi connectivity index (χ3n) is 3.85. The number of non-ortho nitro benzene ring substituents is 1. The average molecular weight is 358 g/mol. The molecule has 0 saturated heterocycles. The lowest BCUT2D eigenvalue weighted by atomic mass is 10.2. The second kappa shape index (κ2) is 7.04. The van der Waals surface area contributed by atoms with Crippen LogP contribution in [0.3, 0.4) is 0 Å². The van der Waals surface area contributed by atoms with Gasteiger partial charge in [0.15, 0.2) is 0 Å². The maximum Gasteiger partial charge on any atom is 0.269 e. The number of anilines is 4. The Hall–Kier alpha value is -4.07. The first-order valence-electron chi connectivity index (χ1n) is 8.14. The van der Waals surface area contributed by atoms with Crippen LogP contribution in [-0.2, 0) is 0 Å². The molecule has 2 aromatic heterocycles. The van der Waals surface area contributed by atoms with Crippen LogP contribution in [0.25, 0.3) is 10.9 Å². The number of hydrogen-bond donors (Lipinski definition) is 2. The van der Waals surface area contributed by atoms with Gasteiger partial charge >= 0.3 is 0 Å². The number of aromatic nitrogens is 3. The molecule has 0 bridgehead atoms. The second-order valence-corrected chi connectivity index (χ2v) is 5.74. The first kappa shape index (κ1) is 16.4. The largest absolute Gasteiger partial charge is 0.339 e. The van der Waals surface area contributed by atoms with Gasteiger partial charge in [0.05, 0.1) is 22.3 Å². The van der Waals surface area contributed by atoms with Crippen LogP contribution < -0.4 is 10.6 Å². The van der Waals surface area contributed by atoms with Gasteiger partial charge in [-0.25, -0.2) is 4.98 Å². The summed E-state index contributed by atoms with van der Waals surface area (Å²) >= 11 is 0. The van der Waals surface area contributed by atoms with Gasteiger partial charge in [-0.2, -0.15) is 4.98 Å². The molecule has 8 nitrogen and oxygen atoms in total. The zero-order valence-electron chi connectivity index (χ0n) is 14.0. The number of nitrogens with one attached hydrogen (secondary N) is 2. The van der Waals surface area contributed by atoms with E-state index in [1.165, 1.54) is 12.1 Å². The van der Waals surface area contributed by atoms with Gasteiger partial charge in [-0.05, 0) is 30.3 Å². The van der Waals surface area contributed by atoms with Crippen LogP contribution in [0.1, 0.15) is 0 Å². The molecule has 8 heteroatoms. The molecule has 0 spiro atoms. The number of nitro benzene ring substituents is 1. The predicted molar refractivity (Wildman–Crippen MR) is 103 cm³/mol. The summed E-state index contributed by atoms with van der Waals surface area (Å²) in [6.07, 6.45) is 3.37. The van der Waals surface area contributed by atoms with Crippen LogP contribution in [0.4, 0.5) is 28.8 Å². The van der Waals surface area contributed by atoms with Gasteiger partial charge in [0.25, 0.3) is 5.69 Å². The van der Waals surface area contributed by atoms with Crippen molar-refractivity contribution in [2.75, 3.05) is 10.6 Å². The Labute approximate surface area is 154 Å². The minimum atomic E-state index is -0.442. The van der Waals surface area contributed by atoms with Crippen molar-refractivity contribution in [3.8, 4) is 0 Å². The van der Waals surface area contributed by atoms with Gasteiger partial charge in [0.2, 0.25) is 5.95 Å². The fourth-order valence-corrected chi connectivity index (χ4v) is 2.57. The van der Waals surface area contributed by atoms with Crippen molar-refractivity contribution in [1.82, 2.24) is 15.0 Å². The number of para-hydroxylation sites is 1. The molecule has 132 valence electrons. The van der Waals surface area contributed by atoms with Crippen molar-refractivity contribution in [3.05, 3.63) is 83.2 Å². The summed E-state index contributed by atoms with van der Waals surface area (Å²) in [5.74, 6) is 0.981. The standard InChI is InChI=1S/C19H14N6O2/c26-25(27)16-7-5-14(6-8-16)23-19-20-10-9-18(24-19)22-15-11-13-3-1-2-4-17(13)21-12-15/h1-12H,(H2,20,22,23,24). The number of rotatable bonds is 5. The number of pyridine rings is 1. The summed E-state index contributed by atoms with van der Waals surface area (Å²) < 4.78 is 0. The number of benzene rings is 2. The SMILES string of the molecule is O=[N+]([O-])c1ccc(Nc2nccc(Nc3cnc4ccccc4c3)n2)cc1. The molecule has 0 aliphatic heterocycles. The Morgan fingerprint density at radius 3 is 2.52 bits per heavy atom. The smallest absolute Gasteiger partial charge is 0.269 e. The van der Waals surface area contributed by atoms with E-state index in [4.69, 9.17) is 0 Å². The third kappa shape index (κ3) is 3.79. The third-order valence-corrected chi connectivity index (χ3v) is 3.85. The van der Waals surface area contributed by atoms with Gasteiger partial charge < -0.3 is 10.6 Å². The highest BCUT2D eigenvalue weighted by Gasteiger charge is 2.06. The maximum absolute atomic E-state index is 10.7. The Bertz CT molecular complexity index is 1110. The van der Waals surface area contributed by atoms with Crippen molar-refractivity contribution in [2.45, 2.75) is 0 Å². The van der Waals surface area contributed by atoms with E-state index in [9.17, 15) is 10.1 Å². The van der Waals surface area contributed by atoms with E-state index in [1.54, 1.807) is 30.6 Å². The Balaban J connectivity index is 1.52. The molecule has 0 atom stereocenters. The molecule has 0 aliphatic rings. The topological polar surface area (TPSA) is 106 Å². The Kier molecular flexibility index (Phi) is 4.28. The molecular formula is C19H14N6O2. The van der Waals surface area contributed by atoms with Crippen molar-refractivity contribution in [2.24, 2.45) is 0 Å². The number of nitro groups is 1. The van der Waals surface area contributed by atoms with Crippen molar-refractivity contribution < 1.29 is 4.92 Å². The fraction of sp³-hybridized carbons (Fsp3) is 0. The Morgan fingerprint density at radius 1 is 0.889 bits per heavy atom. The summed E-state index contributed by atoms with van der Waals surface area (Å²) in [6, 6.07) is 17.7. The molecule has 0 fully saturated rings. The Morgan fingerprint density at radius 2 is 1.70 bits per heavy atom. The minimum absolute atomic E-state index is 0.0284. The second-order valence-electron chi connectivity index (χ2n) is 5.74. The molecule has 4 rings (SSSR count). The zero-order valence-corrected chi connectivity index (χ0v) is 14.0. The lowest BCUT2D eigenvalue weighted by Crippen LogP contribution is -2.00. The fourth-order valence-electron chi connectivity index (χ4n) is 2.57. The van der Waals surface area contributed by atoms with Gasteiger partial charge in [0.1, 0.15) is 5.82 Å². The highest BCUT2D eigenvalue weighted by atomic mass is 16.6. The number of nitrogens with zero attached hydrogens (tertiary/aromatic N) is 4. The van der Waals surface area contributed by atoms with E-state index < -0.39 is 4.92 Å². The molecule has 4 aromatic rings. The molecule has 0 radical (unpaired) electrons. The van der Waals surface area contributed by atoms with E-state index in [1.807, 2.05) is 30.3 Å². The van der Waals surface area contributed by atoms with E-state index in [0.717, 1.165) is 16.6 Å². The molecule has 0 amide bonds. The van der Waals surface area contributed by atoms with E-state index in [0.29, 0.717) is 17.5 Å². The normalized spacial score (nSPS) is 10.5. The summed E-state index contributed by atoms with van der Waals surface area (Å²) in [5.41, 5.74) is 2.42. The van der Waals surface area contributed by atoms with E-state index >= 15 is 0 Å². The van der Waals surface area contributed by atoms with Gasteiger partial charge in [-0.1, -0.05) is 18.2 Å². The molecule has 2 N–H and O–H groups in total. The van der Waals surface area contributed by atoms with E-state index in [-0.39, 0.29) is 5.69 Å². The van der Waals surface area contributed by atoms with Crippen LogP contribution in [0.15, 0.2) is 73.1 Å². The predicted octanol–water partition coefficient (Wildman–Crippen LogP) is 4.42. The number of fused-ring (bicyclic) bond motifs is 1. The molecule has 2 heterocycles. The maximum atomic E-state index is 10.7. The van der Waals surface area contributed by atoms with Crippen LogP contribution >= 0.6 is 0 Å². The molecule has 2 aromatic carbocycles. The van der Waals surface area contributed by atoms with Crippen LogP contribution in [-0.4, -0.2) is 19.9 Å². The molecular weight excluding hydrogens is 344 g/mol. The van der Waals surface area contributed by atoms with Gasteiger partial charge in [0, 0.05) is 29.4 Å². The first-order valence-corrected chi connectivity index (χ1v) is 8.14. The van der Waals surface area contributed by atoms with Crippen molar-refractivity contribution >= 4 is 39.7 Å². The molecule has 0 unspecified atom stereocenters. The van der Waals surface area contributed by atoms with Crippen LogP contribution in [0, 0.1) is 10.1 Å². The monoisotopic (exact) mass is 358 g/mol. The van der Waals surface area contributed by atoms with Crippen molar-refractivity contribution in [1.29, 1.82) is 0 Å². The lowest BCUT2D eigenvalue weighted by molar-refractivity contribution is -0.384. The first-order chi connectivity index (χ1) is 13.2. The minimum Gasteiger partial charge on any atom is -0.339 e. The molecule has 27 heavy (non-hydrogen) atoms. The summed E-state index contributed by atoms with van der Waals surface area (Å²) in [5, 5.41) is 18.0. The zero-order chi connectivity index (χ0) is 18.6. The highest BCUT2D eigenvalue weighted by Crippen LogP contribution is 2.21. The van der Waals surface area contributed by atoms with Gasteiger partial charge in [-0.3, -0.25) is 15.1 Å². The highest BCUT2D eigenvalue weighted by molar-refractivity contribution is 5.82. The average Bonchev–Trinajstić information content (AvgIpc) is 2.69. The summed E-state index contributed by atoms with van der Waals surface area (Å²) in [6.45, 7) is 0. The number of hydrogen-bond acceptors (Lipinski definition) is 7. The van der Waals surface area contributed by atoms with Crippen LogP contribution in [0.2, 0.25) is 0 Å². The quantitative estimate of drug-likeness (QED) is 0.402. The summed E-state index contributed by atoms with van der Waals surface area (Å²) in [4.78, 5) is 23.3. The van der Waals surface area contributed by atoms with Crippen LogP contribution in [0.5, 0.6) is 0 Å². The van der Waals surface area contributed by atoms with Crippen molar-refractivity contribution in [3.63, 3.8) is 0 Å². The lowest BCUT2D eigenvalue weighted by Gasteiger charge is -2.09.